The summed E-state index contributed by atoms with van der Waals surface area (Å²) in [4.78, 5) is 25.3. The average Bonchev–Trinajstić information content (AvgIpc) is 2.61. The number of fused-ring (bicyclic) bond motifs is 1. The summed E-state index contributed by atoms with van der Waals surface area (Å²) < 4.78 is 5.81. The number of carboxylic acids is 1. The number of para-hydroxylation sites is 2. The van der Waals surface area contributed by atoms with Crippen molar-refractivity contribution in [3.8, 4) is 5.75 Å². The molecule has 5 nitrogen and oxygen atoms in total. The Kier molecular flexibility index (Phi) is 5.04. The van der Waals surface area contributed by atoms with Crippen molar-refractivity contribution in [1.29, 1.82) is 0 Å². The van der Waals surface area contributed by atoms with Crippen LogP contribution >= 0.6 is 0 Å². The fourth-order valence-electron chi connectivity index (χ4n) is 2.92. The van der Waals surface area contributed by atoms with E-state index < -0.39 is 5.97 Å². The van der Waals surface area contributed by atoms with Crippen LogP contribution in [0.4, 0.5) is 5.69 Å². The van der Waals surface area contributed by atoms with Gasteiger partial charge in [-0.1, -0.05) is 57.2 Å². The summed E-state index contributed by atoms with van der Waals surface area (Å²) in [5.74, 6) is -0.562. The van der Waals surface area contributed by atoms with Crippen LogP contribution in [0.1, 0.15) is 38.3 Å². The minimum absolute atomic E-state index is 0.0510. The topological polar surface area (TPSA) is 66.8 Å². The molecule has 0 saturated heterocycles. The van der Waals surface area contributed by atoms with Gasteiger partial charge in [0.25, 0.3) is 5.91 Å². The first-order valence-corrected chi connectivity index (χ1v) is 8.88. The van der Waals surface area contributed by atoms with Gasteiger partial charge in [0.05, 0.1) is 12.1 Å². The lowest BCUT2D eigenvalue weighted by molar-refractivity contribution is -0.136. The van der Waals surface area contributed by atoms with Gasteiger partial charge in [0.1, 0.15) is 0 Å². The molecule has 1 heterocycles. The maximum absolute atomic E-state index is 12.9. The van der Waals surface area contributed by atoms with Gasteiger partial charge in [-0.3, -0.25) is 9.59 Å². The van der Waals surface area contributed by atoms with Gasteiger partial charge in [-0.05, 0) is 34.8 Å². The van der Waals surface area contributed by atoms with Crippen molar-refractivity contribution in [1.82, 2.24) is 0 Å². The third-order valence-corrected chi connectivity index (χ3v) is 4.46. The Bertz CT molecular complexity index is 891. The highest BCUT2D eigenvalue weighted by atomic mass is 16.5. The lowest BCUT2D eigenvalue weighted by Crippen LogP contribution is -2.38. The first kappa shape index (κ1) is 18.7. The number of carbonyl (C=O) groups excluding carboxylic acids is 1. The Hall–Kier alpha value is -3.08. The summed E-state index contributed by atoms with van der Waals surface area (Å²) in [5.41, 5.74) is 2.69. The number of benzene rings is 2. The van der Waals surface area contributed by atoms with Crippen LogP contribution < -0.4 is 9.64 Å². The minimum Gasteiger partial charge on any atom is -0.481 e. The van der Waals surface area contributed by atoms with Crippen LogP contribution in [0.15, 0.2) is 54.3 Å². The number of hydrogen-bond acceptors (Lipinski definition) is 3. The number of anilines is 1. The molecule has 0 bridgehead atoms. The smallest absolute Gasteiger partial charge is 0.305 e. The van der Waals surface area contributed by atoms with Gasteiger partial charge in [0.2, 0.25) is 0 Å². The van der Waals surface area contributed by atoms with E-state index in [1.54, 1.807) is 24.3 Å². The van der Waals surface area contributed by atoms with Gasteiger partial charge >= 0.3 is 5.97 Å². The Labute approximate surface area is 158 Å². The molecule has 0 fully saturated rings. The van der Waals surface area contributed by atoms with Crippen LogP contribution in [0, 0.1) is 0 Å². The molecule has 0 atom stereocenters. The first-order chi connectivity index (χ1) is 12.8. The lowest BCUT2D eigenvalue weighted by atomic mass is 9.87. The molecule has 27 heavy (non-hydrogen) atoms. The molecule has 2 aromatic carbocycles. The van der Waals surface area contributed by atoms with E-state index in [-0.39, 0.29) is 30.0 Å². The Morgan fingerprint density at radius 1 is 1.11 bits per heavy atom. The maximum Gasteiger partial charge on any atom is 0.305 e. The van der Waals surface area contributed by atoms with E-state index in [9.17, 15) is 9.59 Å². The van der Waals surface area contributed by atoms with Gasteiger partial charge < -0.3 is 14.7 Å². The molecule has 5 heteroatoms. The standard InChI is InChI=1S/C22H23NO4/c1-22(2,3)16-10-8-15(9-11-16)14-19-21(26)23(13-12-20(24)25)17-6-4-5-7-18(17)27-19/h4-11,14H,12-13H2,1-3H3,(H,24,25)/b19-14+. The van der Waals surface area contributed by atoms with Crippen LogP contribution in [-0.2, 0) is 15.0 Å². The van der Waals surface area contributed by atoms with E-state index in [1.807, 2.05) is 30.3 Å². The van der Waals surface area contributed by atoms with Crippen molar-refractivity contribution in [2.75, 3.05) is 11.4 Å². The average molecular weight is 365 g/mol. The molecule has 140 valence electrons. The van der Waals surface area contributed by atoms with E-state index in [4.69, 9.17) is 9.84 Å². The molecule has 3 rings (SSSR count). The summed E-state index contributed by atoms with van der Waals surface area (Å²) in [7, 11) is 0. The van der Waals surface area contributed by atoms with Crippen molar-refractivity contribution in [2.45, 2.75) is 32.6 Å². The quantitative estimate of drug-likeness (QED) is 0.824. The summed E-state index contributed by atoms with van der Waals surface area (Å²) in [5, 5.41) is 8.99. The highest BCUT2D eigenvalue weighted by molar-refractivity contribution is 6.10. The molecule has 0 saturated carbocycles. The number of aliphatic carboxylic acids is 1. The predicted molar refractivity (Wildman–Crippen MR) is 105 cm³/mol. The molecule has 0 radical (unpaired) electrons. The highest BCUT2D eigenvalue weighted by Crippen LogP contribution is 2.35. The SMILES string of the molecule is CC(C)(C)c1ccc(/C=C2/Oc3ccccc3N(CCC(=O)O)C2=O)cc1. The molecule has 1 amide bonds. The zero-order chi connectivity index (χ0) is 19.6. The fourth-order valence-corrected chi connectivity index (χ4v) is 2.92. The molecule has 0 unspecified atom stereocenters. The molecule has 1 aliphatic heterocycles. The second-order valence-corrected chi connectivity index (χ2v) is 7.55. The largest absolute Gasteiger partial charge is 0.481 e. The summed E-state index contributed by atoms with van der Waals surface area (Å²) >= 11 is 0. The number of nitrogens with zero attached hydrogens (tertiary/aromatic N) is 1. The second kappa shape index (κ2) is 7.27. The van der Waals surface area contributed by atoms with Crippen molar-refractivity contribution in [2.24, 2.45) is 0 Å². The van der Waals surface area contributed by atoms with Crippen molar-refractivity contribution in [3.05, 3.63) is 65.4 Å². The number of hydrogen-bond donors (Lipinski definition) is 1. The Morgan fingerprint density at radius 2 is 1.78 bits per heavy atom. The van der Waals surface area contributed by atoms with Gasteiger partial charge in [0.15, 0.2) is 11.5 Å². The summed E-state index contributed by atoms with van der Waals surface area (Å²) in [6, 6.07) is 15.1. The zero-order valence-electron chi connectivity index (χ0n) is 15.7. The van der Waals surface area contributed by atoms with E-state index in [0.29, 0.717) is 11.4 Å². The molecule has 2 aromatic rings. The van der Waals surface area contributed by atoms with Crippen LogP contribution in [-0.4, -0.2) is 23.5 Å². The molecule has 0 spiro atoms. The fraction of sp³-hybridized carbons (Fsp3) is 0.273. The maximum atomic E-state index is 12.9. The van der Waals surface area contributed by atoms with Crippen molar-refractivity contribution >= 4 is 23.6 Å². The van der Waals surface area contributed by atoms with Crippen LogP contribution in [0.5, 0.6) is 5.75 Å². The van der Waals surface area contributed by atoms with Gasteiger partial charge in [-0.2, -0.15) is 0 Å². The van der Waals surface area contributed by atoms with Crippen molar-refractivity contribution in [3.63, 3.8) is 0 Å². The third kappa shape index (κ3) is 4.19. The van der Waals surface area contributed by atoms with Gasteiger partial charge in [0, 0.05) is 6.54 Å². The molecular formula is C22H23NO4. The minimum atomic E-state index is -0.949. The molecule has 1 N–H and O–H groups in total. The number of rotatable bonds is 4. The van der Waals surface area contributed by atoms with E-state index in [1.165, 1.54) is 10.5 Å². The first-order valence-electron chi connectivity index (χ1n) is 8.88. The zero-order valence-corrected chi connectivity index (χ0v) is 15.7. The number of amides is 1. The number of carboxylic acid groups (broad SMARTS) is 1. The second-order valence-electron chi connectivity index (χ2n) is 7.55. The molecule has 1 aliphatic rings. The van der Waals surface area contributed by atoms with E-state index in [2.05, 4.69) is 20.8 Å². The summed E-state index contributed by atoms with van der Waals surface area (Å²) in [6.45, 7) is 6.53. The third-order valence-electron chi connectivity index (χ3n) is 4.46. The highest BCUT2D eigenvalue weighted by Gasteiger charge is 2.30. The normalized spacial score (nSPS) is 15.4. The van der Waals surface area contributed by atoms with Gasteiger partial charge in [-0.15, -0.1) is 0 Å². The van der Waals surface area contributed by atoms with Crippen LogP contribution in [0.25, 0.3) is 6.08 Å². The molecule has 0 aliphatic carbocycles. The monoisotopic (exact) mass is 365 g/mol. The van der Waals surface area contributed by atoms with Crippen LogP contribution in [0.3, 0.4) is 0 Å². The van der Waals surface area contributed by atoms with E-state index >= 15 is 0 Å². The lowest BCUT2D eigenvalue weighted by Gasteiger charge is -2.30. The number of ether oxygens (including phenoxy) is 1. The predicted octanol–water partition coefficient (Wildman–Crippen LogP) is 4.23. The van der Waals surface area contributed by atoms with Crippen molar-refractivity contribution < 1.29 is 19.4 Å². The van der Waals surface area contributed by atoms with Gasteiger partial charge in [-0.25, -0.2) is 0 Å². The summed E-state index contributed by atoms with van der Waals surface area (Å²) in [6.07, 6.45) is 1.56. The Balaban J connectivity index is 1.93. The number of carbonyl (C=O) groups is 2. The Morgan fingerprint density at radius 3 is 2.41 bits per heavy atom. The van der Waals surface area contributed by atoms with Crippen LogP contribution in [0.2, 0.25) is 0 Å². The van der Waals surface area contributed by atoms with E-state index in [0.717, 1.165) is 5.56 Å². The molecule has 0 aromatic heterocycles. The molecular weight excluding hydrogens is 342 g/mol.